The lowest BCUT2D eigenvalue weighted by atomic mass is 10.4. The van der Waals surface area contributed by atoms with Gasteiger partial charge in [-0.1, -0.05) is 6.92 Å². The summed E-state index contributed by atoms with van der Waals surface area (Å²) in [7, 11) is 0. The van der Waals surface area contributed by atoms with Gasteiger partial charge in [0.25, 0.3) is 0 Å². The van der Waals surface area contributed by atoms with Crippen molar-refractivity contribution < 1.29 is 9.84 Å². The summed E-state index contributed by atoms with van der Waals surface area (Å²) < 4.78 is 5.44. The molecule has 0 saturated carbocycles. The summed E-state index contributed by atoms with van der Waals surface area (Å²) >= 11 is 0. The highest BCUT2D eigenvalue weighted by atomic mass is 16.5. The summed E-state index contributed by atoms with van der Waals surface area (Å²) in [6.45, 7) is 5.43. The molecule has 5 heteroatoms. The first-order valence-electron chi connectivity index (χ1n) is 5.59. The molecule has 0 amide bonds. The highest BCUT2D eigenvalue weighted by molar-refractivity contribution is 5.30. The van der Waals surface area contributed by atoms with Crippen LogP contribution in [0, 0.1) is 6.92 Å². The standard InChI is InChI=1S/C11H19N3O2/c1-3-7-16-10-8-9(2)13-11(14-10)12-5-4-6-15/h8,15H,3-7H2,1-2H3,(H,12,13,14). The van der Waals surface area contributed by atoms with E-state index in [0.717, 1.165) is 12.1 Å². The average Bonchev–Trinajstić information content (AvgIpc) is 2.26. The van der Waals surface area contributed by atoms with E-state index in [0.29, 0.717) is 31.4 Å². The Labute approximate surface area is 95.9 Å². The van der Waals surface area contributed by atoms with E-state index in [9.17, 15) is 0 Å². The van der Waals surface area contributed by atoms with Crippen molar-refractivity contribution in [3.63, 3.8) is 0 Å². The molecular formula is C11H19N3O2. The maximum atomic E-state index is 8.66. The topological polar surface area (TPSA) is 67.3 Å². The van der Waals surface area contributed by atoms with Gasteiger partial charge in [-0.15, -0.1) is 0 Å². The monoisotopic (exact) mass is 225 g/mol. The molecule has 1 aromatic rings. The fraction of sp³-hybridized carbons (Fsp3) is 0.636. The molecule has 5 nitrogen and oxygen atoms in total. The van der Waals surface area contributed by atoms with Crippen molar-refractivity contribution in [2.45, 2.75) is 26.7 Å². The number of ether oxygens (including phenoxy) is 1. The molecule has 0 aliphatic heterocycles. The lowest BCUT2D eigenvalue weighted by Crippen LogP contribution is -2.08. The molecule has 1 rings (SSSR count). The van der Waals surface area contributed by atoms with Crippen LogP contribution < -0.4 is 10.1 Å². The van der Waals surface area contributed by atoms with E-state index >= 15 is 0 Å². The number of aryl methyl sites for hydroxylation is 1. The molecule has 16 heavy (non-hydrogen) atoms. The first-order chi connectivity index (χ1) is 7.76. The summed E-state index contributed by atoms with van der Waals surface area (Å²) in [5.41, 5.74) is 0.868. The first kappa shape index (κ1) is 12.7. The predicted octanol–water partition coefficient (Wildman–Crippen LogP) is 1.37. The van der Waals surface area contributed by atoms with Gasteiger partial charge in [0.05, 0.1) is 6.61 Å². The Morgan fingerprint density at radius 2 is 2.25 bits per heavy atom. The van der Waals surface area contributed by atoms with Gasteiger partial charge in [0, 0.05) is 24.9 Å². The fourth-order valence-corrected chi connectivity index (χ4v) is 1.18. The summed E-state index contributed by atoms with van der Waals surface area (Å²) in [4.78, 5) is 8.45. The van der Waals surface area contributed by atoms with E-state index in [2.05, 4.69) is 22.2 Å². The first-order valence-corrected chi connectivity index (χ1v) is 5.59. The van der Waals surface area contributed by atoms with Gasteiger partial charge >= 0.3 is 0 Å². The smallest absolute Gasteiger partial charge is 0.226 e. The number of nitrogens with zero attached hydrogens (tertiary/aromatic N) is 2. The minimum atomic E-state index is 0.165. The van der Waals surface area contributed by atoms with Crippen LogP contribution in [0.1, 0.15) is 25.5 Å². The number of hydrogen-bond donors (Lipinski definition) is 2. The highest BCUT2D eigenvalue weighted by Crippen LogP contribution is 2.12. The molecule has 0 fully saturated rings. The summed E-state index contributed by atoms with van der Waals surface area (Å²) in [6, 6.07) is 1.81. The summed E-state index contributed by atoms with van der Waals surface area (Å²) in [6.07, 6.45) is 1.64. The van der Waals surface area contributed by atoms with E-state index < -0.39 is 0 Å². The van der Waals surface area contributed by atoms with Crippen LogP contribution in [-0.2, 0) is 0 Å². The van der Waals surface area contributed by atoms with Crippen molar-refractivity contribution in [2.75, 3.05) is 25.1 Å². The van der Waals surface area contributed by atoms with E-state index in [4.69, 9.17) is 9.84 Å². The van der Waals surface area contributed by atoms with Crippen molar-refractivity contribution >= 4 is 5.95 Å². The Bertz CT molecular complexity index is 318. The molecule has 0 unspecified atom stereocenters. The van der Waals surface area contributed by atoms with Crippen LogP contribution in [0.25, 0.3) is 0 Å². The van der Waals surface area contributed by atoms with Gasteiger partial charge in [0.15, 0.2) is 0 Å². The lowest BCUT2D eigenvalue weighted by Gasteiger charge is -2.08. The molecule has 0 aliphatic rings. The van der Waals surface area contributed by atoms with Gasteiger partial charge in [-0.25, -0.2) is 4.98 Å². The number of nitrogens with one attached hydrogen (secondary N) is 1. The normalized spacial score (nSPS) is 10.2. The van der Waals surface area contributed by atoms with Crippen LogP contribution in [0.4, 0.5) is 5.95 Å². The zero-order valence-electron chi connectivity index (χ0n) is 9.86. The van der Waals surface area contributed by atoms with Crippen molar-refractivity contribution in [1.82, 2.24) is 9.97 Å². The molecule has 0 aromatic carbocycles. The van der Waals surface area contributed by atoms with Crippen LogP contribution in [0.5, 0.6) is 5.88 Å². The second kappa shape index (κ2) is 7.00. The van der Waals surface area contributed by atoms with Crippen LogP contribution >= 0.6 is 0 Å². The molecule has 0 saturated heterocycles. The predicted molar refractivity (Wildman–Crippen MR) is 62.7 cm³/mol. The minimum Gasteiger partial charge on any atom is -0.478 e. The fourth-order valence-electron chi connectivity index (χ4n) is 1.18. The number of aliphatic hydroxyl groups is 1. The molecule has 1 heterocycles. The Morgan fingerprint density at radius 3 is 2.94 bits per heavy atom. The zero-order valence-corrected chi connectivity index (χ0v) is 9.86. The molecule has 0 spiro atoms. The summed E-state index contributed by atoms with van der Waals surface area (Å²) in [5, 5.41) is 11.7. The molecule has 2 N–H and O–H groups in total. The van der Waals surface area contributed by atoms with E-state index in [-0.39, 0.29) is 6.61 Å². The molecule has 0 aliphatic carbocycles. The Balaban J connectivity index is 2.58. The Kier molecular flexibility index (Phi) is 5.56. The number of rotatable bonds is 7. The molecule has 0 atom stereocenters. The number of aliphatic hydroxyl groups excluding tert-OH is 1. The SMILES string of the molecule is CCCOc1cc(C)nc(NCCCO)n1. The molecule has 0 bridgehead atoms. The van der Waals surface area contributed by atoms with E-state index in [1.54, 1.807) is 0 Å². The van der Waals surface area contributed by atoms with Gasteiger partial charge in [-0.05, 0) is 19.8 Å². The van der Waals surface area contributed by atoms with Gasteiger partial charge in [0.2, 0.25) is 11.8 Å². The Hall–Kier alpha value is -1.36. The van der Waals surface area contributed by atoms with Crippen molar-refractivity contribution in [3.05, 3.63) is 11.8 Å². The quantitative estimate of drug-likeness (QED) is 0.686. The summed E-state index contributed by atoms with van der Waals surface area (Å²) in [5.74, 6) is 1.15. The molecular weight excluding hydrogens is 206 g/mol. The third kappa shape index (κ3) is 4.44. The molecule has 90 valence electrons. The Morgan fingerprint density at radius 1 is 1.44 bits per heavy atom. The number of aromatic nitrogens is 2. The number of hydrogen-bond acceptors (Lipinski definition) is 5. The maximum absolute atomic E-state index is 8.66. The van der Waals surface area contributed by atoms with Crippen molar-refractivity contribution in [3.8, 4) is 5.88 Å². The molecule has 1 aromatic heterocycles. The van der Waals surface area contributed by atoms with Gasteiger partial charge in [0.1, 0.15) is 0 Å². The molecule has 0 radical (unpaired) electrons. The minimum absolute atomic E-state index is 0.165. The second-order valence-electron chi connectivity index (χ2n) is 3.52. The lowest BCUT2D eigenvalue weighted by molar-refractivity contribution is 0.292. The third-order valence-electron chi connectivity index (χ3n) is 1.90. The van der Waals surface area contributed by atoms with Gasteiger partial charge < -0.3 is 15.2 Å². The zero-order chi connectivity index (χ0) is 11.8. The second-order valence-corrected chi connectivity index (χ2v) is 3.52. The van der Waals surface area contributed by atoms with E-state index in [1.165, 1.54) is 0 Å². The number of anilines is 1. The van der Waals surface area contributed by atoms with Crippen LogP contribution in [0.15, 0.2) is 6.07 Å². The van der Waals surface area contributed by atoms with Gasteiger partial charge in [-0.2, -0.15) is 4.98 Å². The van der Waals surface area contributed by atoms with Crippen LogP contribution in [0.3, 0.4) is 0 Å². The van der Waals surface area contributed by atoms with Crippen LogP contribution in [0.2, 0.25) is 0 Å². The highest BCUT2D eigenvalue weighted by Gasteiger charge is 2.02. The maximum Gasteiger partial charge on any atom is 0.226 e. The van der Waals surface area contributed by atoms with Crippen molar-refractivity contribution in [1.29, 1.82) is 0 Å². The average molecular weight is 225 g/mol. The van der Waals surface area contributed by atoms with Crippen LogP contribution in [-0.4, -0.2) is 34.8 Å². The largest absolute Gasteiger partial charge is 0.478 e. The van der Waals surface area contributed by atoms with Gasteiger partial charge in [-0.3, -0.25) is 0 Å². The van der Waals surface area contributed by atoms with Crippen molar-refractivity contribution in [2.24, 2.45) is 0 Å². The van der Waals surface area contributed by atoms with E-state index in [1.807, 2.05) is 13.0 Å². The third-order valence-corrected chi connectivity index (χ3v) is 1.90.